The molecule has 2 atom stereocenters. The third-order valence-electron chi connectivity index (χ3n) is 6.04. The first-order chi connectivity index (χ1) is 17.3. The van der Waals surface area contributed by atoms with Crippen LogP contribution in [0, 0.1) is 0 Å². The van der Waals surface area contributed by atoms with Gasteiger partial charge in [-0.2, -0.15) is 0 Å². The molecule has 2 aromatic carbocycles. The molecule has 0 amide bonds. The standard InChI is InChI=1S/C29H36N2O4/c1-2-3-5-12-26(35-28-13-8-9-18-32-28)22-34-27-19-30-29(31-20-27)24-14-16-25(17-15-24)33-21-23-10-6-4-7-11-23/h4,6-7,10-11,14-17,19-20,26,28H,2-3,5,8-9,12-13,18,21-22H2,1H3/t26-,28?/m1/s1. The fraction of sp³-hybridized carbons (Fsp3) is 0.448. The van der Waals surface area contributed by atoms with Crippen LogP contribution in [-0.4, -0.2) is 35.6 Å². The second-order valence-electron chi connectivity index (χ2n) is 8.90. The van der Waals surface area contributed by atoms with E-state index in [-0.39, 0.29) is 12.4 Å². The average molecular weight is 477 g/mol. The molecular weight excluding hydrogens is 440 g/mol. The smallest absolute Gasteiger partial charge is 0.159 e. The van der Waals surface area contributed by atoms with E-state index in [1.54, 1.807) is 12.4 Å². The summed E-state index contributed by atoms with van der Waals surface area (Å²) in [6, 6.07) is 17.9. The van der Waals surface area contributed by atoms with Crippen molar-refractivity contribution in [3.63, 3.8) is 0 Å². The minimum absolute atomic E-state index is 0.00718. The molecule has 35 heavy (non-hydrogen) atoms. The summed E-state index contributed by atoms with van der Waals surface area (Å²) in [5.41, 5.74) is 2.07. The molecule has 0 aliphatic carbocycles. The van der Waals surface area contributed by atoms with Gasteiger partial charge in [0, 0.05) is 12.2 Å². The van der Waals surface area contributed by atoms with Crippen molar-refractivity contribution in [3.05, 3.63) is 72.6 Å². The summed E-state index contributed by atoms with van der Waals surface area (Å²) in [5.74, 6) is 2.11. The molecule has 6 nitrogen and oxygen atoms in total. The molecule has 186 valence electrons. The average Bonchev–Trinajstić information content (AvgIpc) is 2.92. The first-order valence-electron chi connectivity index (χ1n) is 12.8. The van der Waals surface area contributed by atoms with Gasteiger partial charge in [-0.15, -0.1) is 0 Å². The first kappa shape index (κ1) is 25.1. The Morgan fingerprint density at radius 2 is 1.71 bits per heavy atom. The van der Waals surface area contributed by atoms with Crippen molar-refractivity contribution >= 4 is 0 Å². The Kier molecular flexibility index (Phi) is 9.92. The third kappa shape index (κ3) is 8.34. The number of hydrogen-bond donors (Lipinski definition) is 0. The Hall–Kier alpha value is -2.96. The zero-order chi connectivity index (χ0) is 24.1. The van der Waals surface area contributed by atoms with E-state index in [1.165, 1.54) is 12.8 Å². The maximum Gasteiger partial charge on any atom is 0.159 e. The van der Waals surface area contributed by atoms with Crippen LogP contribution >= 0.6 is 0 Å². The molecule has 3 aromatic rings. The number of nitrogens with zero attached hydrogens (tertiary/aromatic N) is 2. The summed E-state index contributed by atoms with van der Waals surface area (Å²) in [5, 5.41) is 0. The highest BCUT2D eigenvalue weighted by Gasteiger charge is 2.20. The lowest BCUT2D eigenvalue weighted by atomic mass is 10.1. The van der Waals surface area contributed by atoms with Gasteiger partial charge in [0.15, 0.2) is 17.9 Å². The highest BCUT2D eigenvalue weighted by atomic mass is 16.7. The quantitative estimate of drug-likeness (QED) is 0.259. The van der Waals surface area contributed by atoms with Crippen molar-refractivity contribution in [2.75, 3.05) is 13.2 Å². The molecule has 2 heterocycles. The summed E-state index contributed by atoms with van der Waals surface area (Å²) in [6.45, 7) is 4.00. The predicted octanol–water partition coefficient (Wildman–Crippen LogP) is 6.59. The number of unbranched alkanes of at least 4 members (excludes halogenated alkanes) is 2. The summed E-state index contributed by atoms with van der Waals surface area (Å²) in [7, 11) is 0. The normalized spacial score (nSPS) is 16.5. The topological polar surface area (TPSA) is 62.7 Å². The van der Waals surface area contributed by atoms with E-state index in [9.17, 15) is 0 Å². The van der Waals surface area contributed by atoms with Gasteiger partial charge >= 0.3 is 0 Å². The fourth-order valence-electron chi connectivity index (χ4n) is 4.02. The Bertz CT molecular complexity index is 974. The molecule has 6 heteroatoms. The van der Waals surface area contributed by atoms with Crippen LogP contribution in [0.3, 0.4) is 0 Å². The van der Waals surface area contributed by atoms with Gasteiger partial charge < -0.3 is 18.9 Å². The predicted molar refractivity (Wildman–Crippen MR) is 136 cm³/mol. The van der Waals surface area contributed by atoms with Crippen molar-refractivity contribution in [2.45, 2.75) is 70.9 Å². The Morgan fingerprint density at radius 3 is 2.43 bits per heavy atom. The minimum atomic E-state index is -0.114. The van der Waals surface area contributed by atoms with Crippen LogP contribution < -0.4 is 9.47 Å². The van der Waals surface area contributed by atoms with Crippen LogP contribution in [0.15, 0.2) is 67.0 Å². The molecule has 0 radical (unpaired) electrons. The fourth-order valence-corrected chi connectivity index (χ4v) is 4.02. The van der Waals surface area contributed by atoms with Crippen LogP contribution in [0.2, 0.25) is 0 Å². The number of aromatic nitrogens is 2. The minimum Gasteiger partial charge on any atom is -0.489 e. The van der Waals surface area contributed by atoms with Crippen LogP contribution in [0.4, 0.5) is 0 Å². The summed E-state index contributed by atoms with van der Waals surface area (Å²) in [4.78, 5) is 9.00. The second-order valence-corrected chi connectivity index (χ2v) is 8.90. The number of hydrogen-bond acceptors (Lipinski definition) is 6. The molecule has 4 rings (SSSR count). The van der Waals surface area contributed by atoms with E-state index in [2.05, 4.69) is 29.0 Å². The second kappa shape index (κ2) is 13.8. The first-order valence-corrected chi connectivity index (χ1v) is 12.8. The van der Waals surface area contributed by atoms with E-state index in [1.807, 2.05) is 42.5 Å². The van der Waals surface area contributed by atoms with Crippen LogP contribution in [0.25, 0.3) is 11.4 Å². The zero-order valence-corrected chi connectivity index (χ0v) is 20.6. The Balaban J connectivity index is 1.28. The molecule has 1 aliphatic heterocycles. The van der Waals surface area contributed by atoms with Crippen LogP contribution in [0.5, 0.6) is 11.5 Å². The van der Waals surface area contributed by atoms with Gasteiger partial charge in [0.25, 0.3) is 0 Å². The van der Waals surface area contributed by atoms with Gasteiger partial charge in [-0.05, 0) is 55.5 Å². The summed E-state index contributed by atoms with van der Waals surface area (Å²) < 4.78 is 23.8. The molecule has 1 aromatic heterocycles. The van der Waals surface area contributed by atoms with Gasteiger partial charge in [0.05, 0.1) is 18.5 Å². The molecule has 0 spiro atoms. The lowest BCUT2D eigenvalue weighted by Crippen LogP contribution is -2.31. The van der Waals surface area contributed by atoms with Crippen molar-refractivity contribution in [1.29, 1.82) is 0 Å². The molecule has 1 saturated heterocycles. The van der Waals surface area contributed by atoms with E-state index in [0.717, 1.165) is 55.6 Å². The van der Waals surface area contributed by atoms with Gasteiger partial charge in [0.1, 0.15) is 19.0 Å². The summed E-state index contributed by atoms with van der Waals surface area (Å²) >= 11 is 0. The van der Waals surface area contributed by atoms with Gasteiger partial charge in [-0.1, -0.05) is 56.5 Å². The van der Waals surface area contributed by atoms with Gasteiger partial charge in [-0.25, -0.2) is 9.97 Å². The Labute approximate surface area is 208 Å². The van der Waals surface area contributed by atoms with Crippen LogP contribution in [0.1, 0.15) is 57.4 Å². The summed E-state index contributed by atoms with van der Waals surface area (Å²) in [6.07, 6.45) is 11.0. The molecule has 1 fully saturated rings. The van der Waals surface area contributed by atoms with Crippen molar-refractivity contribution < 1.29 is 18.9 Å². The van der Waals surface area contributed by atoms with Crippen molar-refractivity contribution in [2.24, 2.45) is 0 Å². The molecule has 0 N–H and O–H groups in total. The highest BCUT2D eigenvalue weighted by molar-refractivity contribution is 5.56. The molecule has 0 saturated carbocycles. The monoisotopic (exact) mass is 476 g/mol. The van der Waals surface area contributed by atoms with Crippen LogP contribution in [-0.2, 0) is 16.1 Å². The van der Waals surface area contributed by atoms with E-state index >= 15 is 0 Å². The van der Waals surface area contributed by atoms with E-state index in [4.69, 9.17) is 18.9 Å². The highest BCUT2D eigenvalue weighted by Crippen LogP contribution is 2.22. The SMILES string of the molecule is CCCCC[C@H](COc1cnc(-c2ccc(OCc3ccccc3)cc2)nc1)OC1CCCCO1. The van der Waals surface area contributed by atoms with Crippen molar-refractivity contribution in [3.8, 4) is 22.9 Å². The molecular formula is C29H36N2O4. The number of ether oxygens (including phenoxy) is 4. The van der Waals surface area contributed by atoms with E-state index in [0.29, 0.717) is 24.8 Å². The largest absolute Gasteiger partial charge is 0.489 e. The molecule has 1 unspecified atom stereocenters. The maximum absolute atomic E-state index is 6.21. The lowest BCUT2D eigenvalue weighted by Gasteiger charge is -2.27. The van der Waals surface area contributed by atoms with Gasteiger partial charge in [0.2, 0.25) is 0 Å². The number of benzene rings is 2. The number of rotatable bonds is 13. The zero-order valence-electron chi connectivity index (χ0n) is 20.6. The molecule has 0 bridgehead atoms. The molecule has 1 aliphatic rings. The third-order valence-corrected chi connectivity index (χ3v) is 6.04. The van der Waals surface area contributed by atoms with Gasteiger partial charge in [-0.3, -0.25) is 0 Å². The Morgan fingerprint density at radius 1 is 0.914 bits per heavy atom. The van der Waals surface area contributed by atoms with E-state index < -0.39 is 0 Å². The lowest BCUT2D eigenvalue weighted by molar-refractivity contribution is -0.194. The van der Waals surface area contributed by atoms with Crippen molar-refractivity contribution in [1.82, 2.24) is 9.97 Å². The maximum atomic E-state index is 6.21.